The van der Waals surface area contributed by atoms with Crippen molar-refractivity contribution in [3.05, 3.63) is 42.0 Å². The summed E-state index contributed by atoms with van der Waals surface area (Å²) in [6, 6.07) is 10.8. The maximum absolute atomic E-state index is 12.2. The van der Waals surface area contributed by atoms with Crippen LogP contribution in [0.25, 0.3) is 0 Å². The van der Waals surface area contributed by atoms with Crippen molar-refractivity contribution in [2.45, 2.75) is 12.1 Å². The summed E-state index contributed by atoms with van der Waals surface area (Å²) in [7, 11) is 0. The van der Waals surface area contributed by atoms with Gasteiger partial charge < -0.3 is 24.3 Å². The van der Waals surface area contributed by atoms with E-state index in [4.69, 9.17) is 18.9 Å². The number of nitrogens with one attached hydrogen (secondary N) is 3. The molecule has 0 fully saturated rings. The van der Waals surface area contributed by atoms with Crippen molar-refractivity contribution < 1.29 is 23.7 Å². The molecule has 0 radical (unpaired) electrons. The van der Waals surface area contributed by atoms with Crippen LogP contribution in [0, 0.1) is 0 Å². The number of rotatable bonds is 7. The van der Waals surface area contributed by atoms with Crippen LogP contribution in [-0.4, -0.2) is 46.1 Å². The minimum atomic E-state index is -0.190. The fourth-order valence-corrected chi connectivity index (χ4v) is 3.58. The SMILES string of the molecule is C/C(=N\Nc1nc(SCC(=O)Nc2ccc3c(c2)OCO3)n[nH]1)c1ccc2c(c1)OCO2. The van der Waals surface area contributed by atoms with Crippen molar-refractivity contribution in [2.75, 3.05) is 30.1 Å². The van der Waals surface area contributed by atoms with Crippen molar-refractivity contribution >= 4 is 35.0 Å². The van der Waals surface area contributed by atoms with Crippen LogP contribution in [-0.2, 0) is 4.79 Å². The lowest BCUT2D eigenvalue weighted by Crippen LogP contribution is -2.14. The molecule has 0 bridgehead atoms. The Morgan fingerprint density at radius 1 is 1.06 bits per heavy atom. The van der Waals surface area contributed by atoms with E-state index in [-0.39, 0.29) is 25.2 Å². The quantitative estimate of drug-likeness (QED) is 0.280. The number of aromatic amines is 1. The Balaban J connectivity index is 1.13. The van der Waals surface area contributed by atoms with Gasteiger partial charge in [0.05, 0.1) is 11.5 Å². The summed E-state index contributed by atoms with van der Waals surface area (Å²) in [6.45, 7) is 2.27. The summed E-state index contributed by atoms with van der Waals surface area (Å²) in [5, 5.41) is 14.4. The molecular weight excluding hydrogens is 436 g/mol. The number of hydrogen-bond donors (Lipinski definition) is 3. The van der Waals surface area contributed by atoms with E-state index in [0.29, 0.717) is 39.8 Å². The molecule has 0 atom stereocenters. The molecule has 3 aromatic rings. The molecule has 0 aliphatic carbocycles. The monoisotopic (exact) mass is 454 g/mol. The topological polar surface area (TPSA) is 132 Å². The second kappa shape index (κ2) is 8.67. The number of anilines is 2. The van der Waals surface area contributed by atoms with Gasteiger partial charge in [-0.05, 0) is 37.3 Å². The number of nitrogens with zero attached hydrogens (tertiary/aromatic N) is 3. The smallest absolute Gasteiger partial charge is 0.240 e. The fourth-order valence-electron chi connectivity index (χ4n) is 2.99. The minimum absolute atomic E-state index is 0.144. The number of carbonyl (C=O) groups excluding carboxylic acids is 1. The second-order valence-corrected chi connectivity index (χ2v) is 7.69. The molecule has 3 heterocycles. The number of ether oxygens (including phenoxy) is 4. The highest BCUT2D eigenvalue weighted by Gasteiger charge is 2.16. The number of thioether (sulfide) groups is 1. The predicted octanol–water partition coefficient (Wildman–Crippen LogP) is 2.83. The number of hydrogen-bond acceptors (Lipinski definition) is 10. The molecule has 0 unspecified atom stereocenters. The number of amides is 1. The number of H-pyrrole nitrogens is 1. The molecule has 2 aromatic carbocycles. The van der Waals surface area contributed by atoms with Crippen LogP contribution >= 0.6 is 11.8 Å². The molecule has 5 rings (SSSR count). The van der Waals surface area contributed by atoms with Gasteiger partial charge >= 0.3 is 0 Å². The van der Waals surface area contributed by atoms with Gasteiger partial charge in [-0.2, -0.15) is 10.1 Å². The van der Waals surface area contributed by atoms with Gasteiger partial charge in [0.25, 0.3) is 0 Å². The highest BCUT2D eigenvalue weighted by atomic mass is 32.2. The van der Waals surface area contributed by atoms with Gasteiger partial charge in [0.2, 0.25) is 30.6 Å². The fraction of sp³-hybridized carbons (Fsp3) is 0.200. The maximum atomic E-state index is 12.2. The van der Waals surface area contributed by atoms with Gasteiger partial charge in [-0.3, -0.25) is 4.79 Å². The van der Waals surface area contributed by atoms with Crippen LogP contribution in [0.4, 0.5) is 11.6 Å². The van der Waals surface area contributed by atoms with Crippen molar-refractivity contribution in [3.63, 3.8) is 0 Å². The standard InChI is InChI=1S/C20H18N6O5S/c1-11(12-2-4-14-16(6-12)30-9-28-14)23-24-19-22-20(26-25-19)32-8-18(27)21-13-3-5-15-17(7-13)31-10-29-15/h2-7H,8-10H2,1H3,(H,21,27)(H2,22,24,25,26)/b23-11+. The normalized spacial score (nSPS) is 13.8. The summed E-state index contributed by atoms with van der Waals surface area (Å²) in [5.41, 5.74) is 5.08. The van der Waals surface area contributed by atoms with Crippen molar-refractivity contribution in [1.82, 2.24) is 15.2 Å². The van der Waals surface area contributed by atoms with E-state index < -0.39 is 0 Å². The van der Waals surface area contributed by atoms with Crippen LogP contribution in [0.3, 0.4) is 0 Å². The lowest BCUT2D eigenvalue weighted by atomic mass is 10.1. The van der Waals surface area contributed by atoms with E-state index in [9.17, 15) is 4.79 Å². The number of aromatic nitrogens is 3. The molecule has 164 valence electrons. The molecule has 0 saturated heterocycles. The zero-order valence-electron chi connectivity index (χ0n) is 16.9. The van der Waals surface area contributed by atoms with Crippen LogP contribution in [0.1, 0.15) is 12.5 Å². The van der Waals surface area contributed by atoms with Crippen LogP contribution < -0.4 is 29.7 Å². The molecule has 12 heteroatoms. The van der Waals surface area contributed by atoms with Gasteiger partial charge in [-0.1, -0.05) is 11.8 Å². The van der Waals surface area contributed by atoms with E-state index >= 15 is 0 Å². The summed E-state index contributed by atoms with van der Waals surface area (Å²) in [6.07, 6.45) is 0. The van der Waals surface area contributed by atoms with Crippen LogP contribution in [0.5, 0.6) is 23.0 Å². The highest BCUT2D eigenvalue weighted by Crippen LogP contribution is 2.34. The number of fused-ring (bicyclic) bond motifs is 2. The van der Waals surface area contributed by atoms with E-state index in [0.717, 1.165) is 11.3 Å². The first-order valence-corrected chi connectivity index (χ1v) is 10.6. The molecular formula is C20H18N6O5S. The zero-order valence-corrected chi connectivity index (χ0v) is 17.7. The van der Waals surface area contributed by atoms with E-state index in [2.05, 4.69) is 31.0 Å². The van der Waals surface area contributed by atoms with Crippen LogP contribution in [0.2, 0.25) is 0 Å². The lowest BCUT2D eigenvalue weighted by Gasteiger charge is -2.05. The molecule has 2 aliphatic heterocycles. The molecule has 0 saturated carbocycles. The molecule has 3 N–H and O–H groups in total. The van der Waals surface area contributed by atoms with E-state index in [1.807, 2.05) is 25.1 Å². The van der Waals surface area contributed by atoms with Gasteiger partial charge in [0.15, 0.2) is 23.0 Å². The number of carbonyl (C=O) groups is 1. The van der Waals surface area contributed by atoms with Crippen molar-refractivity contribution in [3.8, 4) is 23.0 Å². The number of hydrazone groups is 1. The van der Waals surface area contributed by atoms with E-state index in [1.165, 1.54) is 11.8 Å². The summed E-state index contributed by atoms with van der Waals surface area (Å²) < 4.78 is 21.3. The Bertz CT molecular complexity index is 1200. The first-order chi connectivity index (χ1) is 15.6. The summed E-state index contributed by atoms with van der Waals surface area (Å²) in [5.74, 6) is 2.99. The maximum Gasteiger partial charge on any atom is 0.240 e. The summed E-state index contributed by atoms with van der Waals surface area (Å²) >= 11 is 1.20. The third-order valence-corrected chi connectivity index (χ3v) is 5.42. The van der Waals surface area contributed by atoms with Gasteiger partial charge in [-0.25, -0.2) is 10.5 Å². The molecule has 1 amide bonds. The predicted molar refractivity (Wildman–Crippen MR) is 117 cm³/mol. The Morgan fingerprint density at radius 2 is 1.78 bits per heavy atom. The molecule has 2 aliphatic rings. The lowest BCUT2D eigenvalue weighted by molar-refractivity contribution is -0.113. The third-order valence-electron chi connectivity index (χ3n) is 4.57. The zero-order chi connectivity index (χ0) is 21.9. The Hall–Kier alpha value is -3.93. The van der Waals surface area contributed by atoms with Crippen molar-refractivity contribution in [2.24, 2.45) is 5.10 Å². The second-order valence-electron chi connectivity index (χ2n) is 6.75. The van der Waals surface area contributed by atoms with Crippen molar-refractivity contribution in [1.29, 1.82) is 0 Å². The minimum Gasteiger partial charge on any atom is -0.454 e. The van der Waals surface area contributed by atoms with Gasteiger partial charge in [-0.15, -0.1) is 5.10 Å². The molecule has 11 nitrogen and oxygen atoms in total. The van der Waals surface area contributed by atoms with Crippen LogP contribution in [0.15, 0.2) is 46.7 Å². The molecule has 0 spiro atoms. The third kappa shape index (κ3) is 4.39. The average molecular weight is 454 g/mol. The Kier molecular flexibility index (Phi) is 5.42. The summed E-state index contributed by atoms with van der Waals surface area (Å²) in [4.78, 5) is 16.5. The Labute approximate surface area is 186 Å². The Morgan fingerprint density at radius 3 is 2.59 bits per heavy atom. The van der Waals surface area contributed by atoms with Gasteiger partial charge in [0.1, 0.15) is 0 Å². The molecule has 32 heavy (non-hydrogen) atoms. The largest absolute Gasteiger partial charge is 0.454 e. The average Bonchev–Trinajstić information content (AvgIpc) is 3.55. The highest BCUT2D eigenvalue weighted by molar-refractivity contribution is 7.99. The molecule has 1 aromatic heterocycles. The first-order valence-electron chi connectivity index (χ1n) is 9.59. The first kappa shape index (κ1) is 20.0. The van der Waals surface area contributed by atoms with Gasteiger partial charge in [0, 0.05) is 17.3 Å². The number of benzene rings is 2. The van der Waals surface area contributed by atoms with E-state index in [1.54, 1.807) is 18.2 Å².